The lowest BCUT2D eigenvalue weighted by molar-refractivity contribution is 0.0375. The van der Waals surface area contributed by atoms with Crippen LogP contribution in [0.5, 0.6) is 0 Å². The van der Waals surface area contributed by atoms with E-state index in [0.717, 1.165) is 12.0 Å². The van der Waals surface area contributed by atoms with Crippen molar-refractivity contribution in [3.63, 3.8) is 0 Å². The van der Waals surface area contributed by atoms with Crippen molar-refractivity contribution in [2.24, 2.45) is 0 Å². The van der Waals surface area contributed by atoms with Crippen molar-refractivity contribution in [3.8, 4) is 0 Å². The molecule has 0 saturated heterocycles. The molecule has 0 aliphatic rings. The van der Waals surface area contributed by atoms with Crippen molar-refractivity contribution >= 4 is 22.2 Å². The van der Waals surface area contributed by atoms with Crippen LogP contribution in [0.4, 0.5) is 4.79 Å². The minimum absolute atomic E-state index is 0.407. The zero-order valence-corrected chi connectivity index (χ0v) is 12.7. The predicted octanol–water partition coefficient (Wildman–Crippen LogP) is 3.52. The van der Waals surface area contributed by atoms with Crippen LogP contribution in [0.3, 0.4) is 0 Å². The highest BCUT2D eigenvalue weighted by Crippen LogP contribution is 2.12. The molecule has 0 fully saturated rings. The molecule has 0 aromatic rings. The van der Waals surface area contributed by atoms with Crippen molar-refractivity contribution in [2.45, 2.75) is 39.7 Å². The number of carbonyl (C=O) groups excluding carboxylic acids is 1. The van der Waals surface area contributed by atoms with Gasteiger partial charge in [0.1, 0.15) is 5.60 Å². The van der Waals surface area contributed by atoms with Gasteiger partial charge < -0.3 is 9.47 Å². The van der Waals surface area contributed by atoms with Crippen LogP contribution in [0.2, 0.25) is 0 Å². The van der Waals surface area contributed by atoms with Gasteiger partial charge in [-0.15, -0.1) is 0 Å². The zero-order chi connectivity index (χ0) is 13.5. The first-order valence-electron chi connectivity index (χ1n) is 5.67. The van der Waals surface area contributed by atoms with Gasteiger partial charge in [-0.2, -0.15) is 0 Å². The Morgan fingerprint density at radius 3 is 2.47 bits per heavy atom. The molecule has 0 atom stereocenters. The van der Waals surface area contributed by atoms with Crippen molar-refractivity contribution in [1.82, 2.24) is 3.93 Å². The van der Waals surface area contributed by atoms with Gasteiger partial charge in [-0.25, -0.2) is 8.72 Å². The van der Waals surface area contributed by atoms with Crippen molar-refractivity contribution in [1.29, 1.82) is 0 Å². The molecule has 0 aliphatic heterocycles. The monoisotopic (exact) mass is 307 g/mol. The Bertz CT molecular complexity index is 261. The fourth-order valence-corrected chi connectivity index (χ4v) is 1.08. The lowest BCUT2D eigenvalue weighted by Crippen LogP contribution is -2.32. The van der Waals surface area contributed by atoms with Crippen molar-refractivity contribution < 1.29 is 14.3 Å². The Hall–Kier alpha value is -0.550. The van der Waals surface area contributed by atoms with Gasteiger partial charge in [0.25, 0.3) is 0 Å². The molecule has 0 rings (SSSR count). The highest BCUT2D eigenvalue weighted by Gasteiger charge is 2.20. The third-order valence-electron chi connectivity index (χ3n) is 1.83. The molecule has 0 aromatic heterocycles. The minimum atomic E-state index is -0.486. The minimum Gasteiger partial charge on any atom is -0.443 e. The number of carbonyl (C=O) groups is 1. The molecular weight excluding hydrogens is 286 g/mol. The Kier molecular flexibility index (Phi) is 7.46. The van der Waals surface area contributed by atoms with Crippen molar-refractivity contribution in [3.05, 3.63) is 12.2 Å². The van der Waals surface area contributed by atoms with Crippen LogP contribution in [0.15, 0.2) is 12.2 Å². The normalized spacial score (nSPS) is 11.1. The molecule has 0 bridgehead atoms. The Morgan fingerprint density at radius 1 is 1.41 bits per heavy atom. The van der Waals surface area contributed by atoms with Crippen LogP contribution in [-0.2, 0) is 9.47 Å². The highest BCUT2D eigenvalue weighted by molar-refractivity contribution is 9.07. The number of rotatable bonds is 6. The van der Waals surface area contributed by atoms with Crippen LogP contribution < -0.4 is 0 Å². The van der Waals surface area contributed by atoms with Crippen molar-refractivity contribution in [2.75, 3.05) is 19.8 Å². The van der Waals surface area contributed by atoms with Gasteiger partial charge >= 0.3 is 6.09 Å². The Morgan fingerprint density at radius 2 is 2.00 bits per heavy atom. The molecule has 0 aliphatic carbocycles. The molecule has 0 aromatic carbocycles. The molecule has 1 amide bonds. The topological polar surface area (TPSA) is 38.8 Å². The maximum Gasteiger partial charge on any atom is 0.420 e. The molecule has 0 spiro atoms. The molecule has 5 heteroatoms. The number of amides is 1. The number of ether oxygens (including phenoxy) is 2. The van der Waals surface area contributed by atoms with E-state index in [0.29, 0.717) is 19.8 Å². The lowest BCUT2D eigenvalue weighted by Gasteiger charge is -2.23. The fourth-order valence-electron chi connectivity index (χ4n) is 0.866. The molecule has 4 nitrogen and oxygen atoms in total. The molecular formula is C12H22BrNO3. The summed E-state index contributed by atoms with van der Waals surface area (Å²) >= 11 is 3.14. The van der Waals surface area contributed by atoms with E-state index < -0.39 is 11.7 Å². The summed E-state index contributed by atoms with van der Waals surface area (Å²) in [5, 5.41) is 0. The second kappa shape index (κ2) is 7.71. The summed E-state index contributed by atoms with van der Waals surface area (Å²) in [6.45, 7) is 12.8. The summed E-state index contributed by atoms with van der Waals surface area (Å²) in [5.74, 6) is 0. The summed E-state index contributed by atoms with van der Waals surface area (Å²) in [6.07, 6.45) is 0.500. The first-order valence-corrected chi connectivity index (χ1v) is 6.38. The highest BCUT2D eigenvalue weighted by atomic mass is 79.9. The van der Waals surface area contributed by atoms with Gasteiger partial charge in [-0.1, -0.05) is 19.1 Å². The van der Waals surface area contributed by atoms with E-state index in [2.05, 4.69) is 22.7 Å². The van der Waals surface area contributed by atoms with E-state index in [1.807, 2.05) is 27.7 Å². The van der Waals surface area contributed by atoms with E-state index in [1.165, 1.54) is 3.93 Å². The van der Waals surface area contributed by atoms with Gasteiger partial charge in [-0.3, -0.25) is 0 Å². The Labute approximate surface area is 112 Å². The quantitative estimate of drug-likeness (QED) is 0.428. The van der Waals surface area contributed by atoms with Gasteiger partial charge in [0.2, 0.25) is 0 Å². The van der Waals surface area contributed by atoms with E-state index in [4.69, 9.17) is 9.47 Å². The summed E-state index contributed by atoms with van der Waals surface area (Å²) in [6, 6.07) is 0. The third-order valence-corrected chi connectivity index (χ3v) is 2.47. The molecule has 0 unspecified atom stereocenters. The van der Waals surface area contributed by atoms with Gasteiger partial charge in [0.15, 0.2) is 0 Å². The standard InChI is InChI=1S/C12H22BrNO3/c1-6-10(2)9-16-8-7-14(13)11(15)17-12(3,4)5/h2,6-9H2,1,3-5H3. The van der Waals surface area contributed by atoms with Crippen LogP contribution >= 0.6 is 16.1 Å². The molecule has 17 heavy (non-hydrogen) atoms. The lowest BCUT2D eigenvalue weighted by atomic mass is 10.2. The molecule has 0 radical (unpaired) electrons. The number of halogens is 1. The predicted molar refractivity (Wildman–Crippen MR) is 72.1 cm³/mol. The second-order valence-electron chi connectivity index (χ2n) is 4.72. The summed E-state index contributed by atoms with van der Waals surface area (Å²) in [4.78, 5) is 11.5. The summed E-state index contributed by atoms with van der Waals surface area (Å²) < 4.78 is 11.9. The van der Waals surface area contributed by atoms with Crippen LogP contribution in [0, 0.1) is 0 Å². The van der Waals surface area contributed by atoms with Gasteiger partial charge in [0.05, 0.1) is 35.9 Å². The zero-order valence-electron chi connectivity index (χ0n) is 11.1. The Balaban J connectivity index is 3.75. The maximum absolute atomic E-state index is 11.5. The van der Waals surface area contributed by atoms with E-state index in [9.17, 15) is 4.79 Å². The number of hydrogen-bond acceptors (Lipinski definition) is 3. The first kappa shape index (κ1) is 16.4. The molecule has 100 valence electrons. The smallest absolute Gasteiger partial charge is 0.420 e. The van der Waals surface area contributed by atoms with Gasteiger partial charge in [-0.05, 0) is 27.2 Å². The SMILES string of the molecule is C=C(CC)COCCN(Br)C(=O)OC(C)(C)C. The van der Waals surface area contributed by atoms with E-state index >= 15 is 0 Å². The average Bonchev–Trinajstić information content (AvgIpc) is 2.21. The molecule has 0 heterocycles. The first-order chi connectivity index (χ1) is 7.76. The summed E-state index contributed by atoms with van der Waals surface area (Å²) in [7, 11) is 0. The maximum atomic E-state index is 11.5. The van der Waals surface area contributed by atoms with Crippen LogP contribution in [0.25, 0.3) is 0 Å². The number of nitrogens with zero attached hydrogens (tertiary/aromatic N) is 1. The third kappa shape index (κ3) is 9.18. The van der Waals surface area contributed by atoms with E-state index in [1.54, 1.807) is 0 Å². The number of hydrogen-bond donors (Lipinski definition) is 0. The second-order valence-corrected chi connectivity index (χ2v) is 5.58. The largest absolute Gasteiger partial charge is 0.443 e. The molecule has 0 saturated carbocycles. The summed E-state index contributed by atoms with van der Waals surface area (Å²) in [5.41, 5.74) is 0.559. The van der Waals surface area contributed by atoms with Crippen LogP contribution in [-0.4, -0.2) is 35.4 Å². The fraction of sp³-hybridized carbons (Fsp3) is 0.750. The average molecular weight is 308 g/mol. The van der Waals surface area contributed by atoms with Gasteiger partial charge in [0, 0.05) is 0 Å². The van der Waals surface area contributed by atoms with Crippen LogP contribution in [0.1, 0.15) is 34.1 Å². The van der Waals surface area contributed by atoms with E-state index in [-0.39, 0.29) is 0 Å². The molecule has 0 N–H and O–H groups in total.